The third-order valence-electron chi connectivity index (χ3n) is 14.2. The minimum Gasteiger partial charge on any atom is -0.505 e. The molecule has 85 heavy (non-hydrogen) atoms. The van der Waals surface area contributed by atoms with Gasteiger partial charge in [-0.3, -0.25) is 43.2 Å². The molecule has 1 fully saturated rings. The van der Waals surface area contributed by atoms with Crippen LogP contribution in [0.15, 0.2) is 78.3 Å². The summed E-state index contributed by atoms with van der Waals surface area (Å²) in [5.74, 6) is -15.1. The van der Waals surface area contributed by atoms with Crippen LogP contribution in [0.1, 0.15) is 85.8 Å². The lowest BCUT2D eigenvalue weighted by Crippen LogP contribution is -2.65. The molecule has 28 heteroatoms. The lowest BCUT2D eigenvalue weighted by atomic mass is 9.95. The van der Waals surface area contributed by atoms with E-state index in [1.807, 2.05) is 0 Å². The van der Waals surface area contributed by atoms with Crippen LogP contribution < -0.4 is 59.3 Å². The summed E-state index contributed by atoms with van der Waals surface area (Å²) in [6.07, 6.45) is -2.87. The molecule has 4 rings (SSSR count). The third kappa shape index (κ3) is 18.9. The maximum atomic E-state index is 14.8. The zero-order valence-corrected chi connectivity index (χ0v) is 48.8. The molecule has 466 valence electrons. The minimum absolute atomic E-state index is 0.0270. The Balaban J connectivity index is 1.98. The van der Waals surface area contributed by atoms with E-state index in [2.05, 4.69) is 52.8 Å². The first-order valence-corrected chi connectivity index (χ1v) is 27.9. The monoisotopic (exact) mass is 1190 g/mol. The molecule has 1 aliphatic rings. The SMILES string of the molecule is C/C=C1\NC(=O)C([C@H](O)C(C)C)NC(=O)[C@@H](CO)NC(=O)C([C@@H](C)O)NC(=O)C(NC(=O)[C@@H](N)[C@@H](C)CC)[C@H](C(C)C)OC(=O)C(Cc2ccccc2)NC(=O)[C@@H](CCCN)NC(=O)/C(=C(\O)c2c[nH]c3ccccc23)NC(=O)[C@@H](CO)NC1=O. The molecule has 9 amide bonds. The number of hydrogen-bond donors (Lipinski definition) is 17. The highest BCUT2D eigenvalue weighted by atomic mass is 16.5. The summed E-state index contributed by atoms with van der Waals surface area (Å²) in [4.78, 5) is 146. The van der Waals surface area contributed by atoms with Gasteiger partial charge in [0.25, 0.3) is 11.8 Å². The molecule has 0 aliphatic carbocycles. The molecule has 28 nitrogen and oxygen atoms in total. The van der Waals surface area contributed by atoms with E-state index in [1.54, 1.807) is 68.4 Å². The number of cyclic esters (lactones) is 1. The largest absolute Gasteiger partial charge is 0.505 e. The molecule has 1 aromatic heterocycles. The molecule has 2 heterocycles. The van der Waals surface area contributed by atoms with E-state index < -0.39 is 174 Å². The molecule has 0 spiro atoms. The van der Waals surface area contributed by atoms with E-state index >= 15 is 0 Å². The van der Waals surface area contributed by atoms with Crippen molar-refractivity contribution in [1.29, 1.82) is 0 Å². The number of benzene rings is 2. The number of aliphatic hydroxyl groups excluding tert-OH is 5. The second-order valence-electron chi connectivity index (χ2n) is 21.3. The zero-order chi connectivity index (χ0) is 63.4. The van der Waals surface area contributed by atoms with Crippen LogP contribution >= 0.6 is 0 Å². The molecule has 0 saturated carbocycles. The molecule has 0 radical (unpaired) electrons. The molecule has 12 atom stereocenters. The van der Waals surface area contributed by atoms with Crippen LogP contribution in [0.3, 0.4) is 0 Å². The number of ether oxygens (including phenoxy) is 1. The number of rotatable bonds is 16. The van der Waals surface area contributed by atoms with Crippen LogP contribution in [0.4, 0.5) is 0 Å². The lowest BCUT2D eigenvalue weighted by Gasteiger charge is -2.34. The summed E-state index contributed by atoms with van der Waals surface area (Å²) >= 11 is 0. The average Bonchev–Trinajstić information content (AvgIpc) is 3.29. The van der Waals surface area contributed by atoms with E-state index in [0.29, 0.717) is 22.9 Å². The normalized spacial score (nSPS) is 25.1. The lowest BCUT2D eigenvalue weighted by molar-refractivity contribution is -0.160. The van der Waals surface area contributed by atoms with Gasteiger partial charge in [0.1, 0.15) is 59.8 Å². The molecule has 1 aliphatic heterocycles. The van der Waals surface area contributed by atoms with Crippen molar-refractivity contribution in [3.8, 4) is 0 Å². The standard InChI is InChI=1S/C57H82N12O16/c1-9-29(7)40(59)52(79)69-44-47(28(5)6)85-57(84)37(23-31-17-12-11-13-18-31)63-49(76)36(21-16-22-58)62-55(82)43(46(74)33-24-60-35-20-15-14-19-32(33)35)68-50(77)38(25-70)64-48(75)34(10-2)61-54(81)42(45(73)27(3)4)67-51(78)39(26-71)65-53(80)41(30(8)72)66-56(44)83/h10-15,17-20,24,27-30,36-42,44-45,47,60,70-74H,9,16,21-23,25-26,58-59H2,1-8H3,(H,61,81)(H,62,82)(H,63,76)(H,64,75)(H,65,80)(H,66,83)(H,67,78)(H,68,77)(H,69,79)/b34-10-,46-43+/t29-,30+,36+,37?,38+,39+,40-,41?,42?,44?,45+,47-/m0/s1. The number of nitrogens with one attached hydrogen (secondary N) is 10. The van der Waals surface area contributed by atoms with Crippen molar-refractivity contribution in [2.45, 2.75) is 148 Å². The third-order valence-corrected chi connectivity index (χ3v) is 14.2. The van der Waals surface area contributed by atoms with Crippen molar-refractivity contribution in [3.05, 3.63) is 89.4 Å². The molecule has 3 aromatic rings. The Hall–Kier alpha value is -8.28. The van der Waals surface area contributed by atoms with Gasteiger partial charge in [-0.05, 0) is 62.6 Å². The second kappa shape index (κ2) is 32.7. The second-order valence-corrected chi connectivity index (χ2v) is 21.3. The number of esters is 1. The number of allylic oxidation sites excluding steroid dienone is 1. The Morgan fingerprint density at radius 2 is 1.29 bits per heavy atom. The van der Waals surface area contributed by atoms with Crippen molar-refractivity contribution < 1.29 is 78.2 Å². The maximum Gasteiger partial charge on any atom is 0.329 e. The Bertz CT molecular complexity index is 2910. The average molecular weight is 1190 g/mol. The summed E-state index contributed by atoms with van der Waals surface area (Å²) in [7, 11) is 0. The van der Waals surface area contributed by atoms with Crippen molar-refractivity contribution >= 4 is 75.8 Å². The van der Waals surface area contributed by atoms with Crippen LogP contribution in [0.5, 0.6) is 0 Å². The molecule has 0 bridgehead atoms. The Morgan fingerprint density at radius 1 is 0.706 bits per heavy atom. The van der Waals surface area contributed by atoms with Gasteiger partial charge in [0.05, 0.1) is 31.5 Å². The van der Waals surface area contributed by atoms with Crippen LogP contribution in [-0.4, -0.2) is 176 Å². The Labute approximate surface area is 491 Å². The number of aliphatic hydroxyl groups is 5. The van der Waals surface area contributed by atoms with Crippen molar-refractivity contribution in [2.24, 2.45) is 29.2 Å². The molecular weight excluding hydrogens is 1110 g/mol. The first-order chi connectivity index (χ1) is 40.2. The van der Waals surface area contributed by atoms with Gasteiger partial charge < -0.3 is 94.6 Å². The van der Waals surface area contributed by atoms with Gasteiger partial charge in [-0.2, -0.15) is 0 Å². The smallest absolute Gasteiger partial charge is 0.329 e. The number of nitrogens with two attached hydrogens (primary N) is 2. The highest BCUT2D eigenvalue weighted by Gasteiger charge is 2.42. The number of para-hydroxylation sites is 1. The van der Waals surface area contributed by atoms with Gasteiger partial charge in [0, 0.05) is 29.1 Å². The summed E-state index contributed by atoms with van der Waals surface area (Å²) < 4.78 is 6.09. The fourth-order valence-corrected chi connectivity index (χ4v) is 8.79. The predicted octanol–water partition coefficient (Wildman–Crippen LogP) is -2.76. The fourth-order valence-electron chi connectivity index (χ4n) is 8.79. The van der Waals surface area contributed by atoms with Gasteiger partial charge in [-0.1, -0.05) is 103 Å². The number of carbonyl (C=O) groups excluding carboxylic acids is 10. The van der Waals surface area contributed by atoms with Gasteiger partial charge in [0.15, 0.2) is 5.76 Å². The molecule has 2 aromatic carbocycles. The van der Waals surface area contributed by atoms with Crippen LogP contribution in [0, 0.1) is 17.8 Å². The number of aromatic nitrogens is 1. The molecule has 1 saturated heterocycles. The zero-order valence-electron chi connectivity index (χ0n) is 48.8. The first kappa shape index (κ1) is 69.2. The Morgan fingerprint density at radius 3 is 1.88 bits per heavy atom. The van der Waals surface area contributed by atoms with Crippen molar-refractivity contribution in [2.75, 3.05) is 19.8 Å². The van der Waals surface area contributed by atoms with E-state index in [0.717, 1.165) is 13.0 Å². The van der Waals surface area contributed by atoms with E-state index in [-0.39, 0.29) is 31.4 Å². The summed E-state index contributed by atoms with van der Waals surface area (Å²) in [6.45, 7) is 9.39. The number of amides is 9. The van der Waals surface area contributed by atoms with Gasteiger partial charge >= 0.3 is 5.97 Å². The van der Waals surface area contributed by atoms with E-state index in [9.17, 15) is 73.5 Å². The summed E-state index contributed by atoms with van der Waals surface area (Å²) in [5.41, 5.74) is 11.6. The van der Waals surface area contributed by atoms with E-state index in [1.165, 1.54) is 40.8 Å². The van der Waals surface area contributed by atoms with Gasteiger partial charge in [-0.15, -0.1) is 0 Å². The number of carbonyl (C=O) groups is 10. The highest BCUT2D eigenvalue weighted by Crippen LogP contribution is 2.26. The topological polar surface area (TPSA) is 457 Å². The first-order valence-electron chi connectivity index (χ1n) is 27.9. The quantitative estimate of drug-likeness (QED) is 0.0393. The predicted molar refractivity (Wildman–Crippen MR) is 309 cm³/mol. The molecular formula is C57H82N12O16. The molecule has 4 unspecified atom stereocenters. The summed E-state index contributed by atoms with van der Waals surface area (Å²) in [6, 6.07) is 0.426. The van der Waals surface area contributed by atoms with Gasteiger partial charge in [-0.25, -0.2) is 4.79 Å². The Kier molecular flexibility index (Phi) is 26.6. The fraction of sp³-hybridized carbons (Fsp3) is 0.509. The van der Waals surface area contributed by atoms with E-state index in [4.69, 9.17) is 16.2 Å². The van der Waals surface area contributed by atoms with Crippen LogP contribution in [-0.2, 0) is 59.1 Å². The van der Waals surface area contributed by atoms with Crippen molar-refractivity contribution in [3.63, 3.8) is 0 Å². The van der Waals surface area contributed by atoms with Gasteiger partial charge in [0.2, 0.25) is 41.4 Å². The number of hydrogen-bond acceptors (Lipinski definition) is 18. The number of H-pyrrole nitrogens is 1. The molecule has 19 N–H and O–H groups in total. The van der Waals surface area contributed by atoms with Crippen LogP contribution in [0.25, 0.3) is 16.7 Å². The number of fused-ring (bicyclic) bond motifs is 1. The number of aromatic amines is 1. The summed E-state index contributed by atoms with van der Waals surface area (Å²) in [5, 5.41) is 76.7. The highest BCUT2D eigenvalue weighted by molar-refractivity contribution is 6.08. The minimum atomic E-state index is -2.00. The maximum absolute atomic E-state index is 14.8. The van der Waals surface area contributed by atoms with Crippen LogP contribution in [0.2, 0.25) is 0 Å². The van der Waals surface area contributed by atoms with Crippen molar-refractivity contribution in [1.82, 2.24) is 52.8 Å².